The molecule has 1 amide bonds. The summed E-state index contributed by atoms with van der Waals surface area (Å²) in [5, 5.41) is 11.1. The normalized spacial score (nSPS) is 10.7. The molecule has 11 nitrogen and oxygen atoms in total. The predicted molar refractivity (Wildman–Crippen MR) is 110 cm³/mol. The van der Waals surface area contributed by atoms with E-state index in [1.807, 2.05) is 0 Å². The van der Waals surface area contributed by atoms with Crippen molar-refractivity contribution in [1.82, 2.24) is 5.32 Å². The molecule has 0 bridgehead atoms. The van der Waals surface area contributed by atoms with Gasteiger partial charge < -0.3 is 38.8 Å². The van der Waals surface area contributed by atoms with E-state index in [0.717, 1.165) is 0 Å². The SMILES string of the molecule is CCOC(=O)CCOCCOCCOCCOCCOCCCNC(=O)CCC(=O)O. The summed E-state index contributed by atoms with van der Waals surface area (Å²) in [6.45, 7) is 7.00. The Morgan fingerprint density at radius 3 is 1.65 bits per heavy atom. The van der Waals surface area contributed by atoms with Crippen LogP contribution < -0.4 is 5.32 Å². The number of carbonyl (C=O) groups is 3. The average molecular weight is 452 g/mol. The van der Waals surface area contributed by atoms with Gasteiger partial charge in [0.1, 0.15) is 0 Å². The molecule has 0 aliphatic rings. The van der Waals surface area contributed by atoms with Gasteiger partial charge in [0, 0.05) is 19.6 Å². The molecule has 0 spiro atoms. The Morgan fingerprint density at radius 2 is 1.16 bits per heavy atom. The summed E-state index contributed by atoms with van der Waals surface area (Å²) < 4.78 is 31.5. The lowest BCUT2D eigenvalue weighted by molar-refractivity contribution is -0.144. The maximum atomic E-state index is 11.3. The fourth-order valence-electron chi connectivity index (χ4n) is 2.08. The van der Waals surface area contributed by atoms with Gasteiger partial charge in [0.15, 0.2) is 0 Å². The third kappa shape index (κ3) is 24.4. The number of hydrogen-bond donors (Lipinski definition) is 2. The first-order valence-corrected chi connectivity index (χ1v) is 10.6. The largest absolute Gasteiger partial charge is 0.481 e. The van der Waals surface area contributed by atoms with Gasteiger partial charge in [-0.15, -0.1) is 0 Å². The lowest BCUT2D eigenvalue weighted by Crippen LogP contribution is -2.25. The van der Waals surface area contributed by atoms with Crippen LogP contribution in [0, 0.1) is 0 Å². The van der Waals surface area contributed by atoms with Crippen LogP contribution in [-0.2, 0) is 42.8 Å². The second-order valence-corrected chi connectivity index (χ2v) is 6.21. The van der Waals surface area contributed by atoms with Gasteiger partial charge >= 0.3 is 11.9 Å². The molecule has 0 aliphatic heterocycles. The molecule has 0 atom stereocenters. The number of carboxylic acid groups (broad SMARTS) is 1. The molecule has 182 valence electrons. The van der Waals surface area contributed by atoms with E-state index >= 15 is 0 Å². The fraction of sp³-hybridized carbons (Fsp3) is 0.850. The minimum Gasteiger partial charge on any atom is -0.481 e. The van der Waals surface area contributed by atoms with Gasteiger partial charge in [-0.1, -0.05) is 0 Å². The lowest BCUT2D eigenvalue weighted by atomic mass is 10.3. The third-order valence-corrected chi connectivity index (χ3v) is 3.60. The lowest BCUT2D eigenvalue weighted by Gasteiger charge is -2.08. The minimum atomic E-state index is -0.983. The maximum absolute atomic E-state index is 11.3. The van der Waals surface area contributed by atoms with Crippen molar-refractivity contribution in [2.45, 2.75) is 32.6 Å². The van der Waals surface area contributed by atoms with Gasteiger partial charge in [0.25, 0.3) is 0 Å². The van der Waals surface area contributed by atoms with Gasteiger partial charge in [-0.2, -0.15) is 0 Å². The highest BCUT2D eigenvalue weighted by Crippen LogP contribution is 1.90. The molecule has 0 aromatic rings. The maximum Gasteiger partial charge on any atom is 0.308 e. The smallest absolute Gasteiger partial charge is 0.308 e. The van der Waals surface area contributed by atoms with Crippen LogP contribution in [-0.4, -0.2) is 102 Å². The van der Waals surface area contributed by atoms with Crippen LogP contribution >= 0.6 is 0 Å². The number of aliphatic carboxylic acids is 1. The van der Waals surface area contributed by atoms with Gasteiger partial charge in [-0.05, 0) is 13.3 Å². The van der Waals surface area contributed by atoms with Crippen molar-refractivity contribution >= 4 is 17.8 Å². The van der Waals surface area contributed by atoms with Crippen LogP contribution in [0.2, 0.25) is 0 Å². The molecule has 0 rings (SSSR count). The van der Waals surface area contributed by atoms with E-state index in [1.165, 1.54) is 0 Å². The summed E-state index contributed by atoms with van der Waals surface area (Å²) in [7, 11) is 0. The van der Waals surface area contributed by atoms with Crippen LogP contribution in [0.1, 0.15) is 32.6 Å². The first-order chi connectivity index (χ1) is 15.1. The highest BCUT2D eigenvalue weighted by atomic mass is 16.6. The van der Waals surface area contributed by atoms with E-state index < -0.39 is 5.97 Å². The summed E-state index contributed by atoms with van der Waals surface area (Å²) in [6, 6.07) is 0. The highest BCUT2D eigenvalue weighted by Gasteiger charge is 2.04. The minimum absolute atomic E-state index is 0.00873. The van der Waals surface area contributed by atoms with E-state index in [9.17, 15) is 14.4 Å². The van der Waals surface area contributed by atoms with Crippen LogP contribution in [0.3, 0.4) is 0 Å². The molecule has 0 unspecified atom stereocenters. The fourth-order valence-corrected chi connectivity index (χ4v) is 2.08. The average Bonchev–Trinajstić information content (AvgIpc) is 2.74. The van der Waals surface area contributed by atoms with E-state index in [4.69, 9.17) is 33.5 Å². The van der Waals surface area contributed by atoms with Crippen molar-refractivity contribution in [2.75, 3.05) is 79.2 Å². The summed E-state index contributed by atoms with van der Waals surface area (Å²) in [5.74, 6) is -1.51. The van der Waals surface area contributed by atoms with Crippen LogP contribution in [0.15, 0.2) is 0 Å². The second-order valence-electron chi connectivity index (χ2n) is 6.21. The summed E-state index contributed by atoms with van der Waals surface area (Å²) in [4.78, 5) is 32.7. The third-order valence-electron chi connectivity index (χ3n) is 3.60. The standard InChI is InChI=1S/C20H37NO10/c1-2-31-20(25)6-9-27-11-13-29-15-17-30-16-14-28-12-10-26-8-3-7-21-18(22)4-5-19(23)24/h2-17H2,1H3,(H,21,22)(H,23,24). The topological polar surface area (TPSA) is 139 Å². The number of rotatable bonds is 23. The number of nitrogens with one attached hydrogen (secondary N) is 1. The molecule has 11 heteroatoms. The molecule has 31 heavy (non-hydrogen) atoms. The van der Waals surface area contributed by atoms with Crippen LogP contribution in [0.4, 0.5) is 0 Å². The van der Waals surface area contributed by atoms with Gasteiger partial charge in [0.05, 0.1) is 78.9 Å². The molecular weight excluding hydrogens is 414 g/mol. The zero-order valence-corrected chi connectivity index (χ0v) is 18.4. The van der Waals surface area contributed by atoms with Crippen molar-refractivity contribution in [2.24, 2.45) is 0 Å². The number of esters is 1. The molecular formula is C20H37NO10. The predicted octanol–water partition coefficient (Wildman–Crippen LogP) is 0.394. The van der Waals surface area contributed by atoms with Crippen molar-refractivity contribution < 1.29 is 47.9 Å². The van der Waals surface area contributed by atoms with Gasteiger partial charge in [0.2, 0.25) is 5.91 Å². The molecule has 0 aliphatic carbocycles. The Labute approximate surface area is 183 Å². The first-order valence-electron chi connectivity index (χ1n) is 10.6. The quantitative estimate of drug-likeness (QED) is 0.166. The van der Waals surface area contributed by atoms with Crippen molar-refractivity contribution in [3.63, 3.8) is 0 Å². The number of carboxylic acids is 1. The molecule has 0 aromatic carbocycles. The van der Waals surface area contributed by atoms with Crippen LogP contribution in [0.25, 0.3) is 0 Å². The Morgan fingerprint density at radius 1 is 0.677 bits per heavy atom. The Balaban J connectivity index is 3.13. The molecule has 0 heterocycles. The summed E-state index contributed by atoms with van der Waals surface area (Å²) in [5.41, 5.74) is 0. The number of hydrogen-bond acceptors (Lipinski definition) is 9. The molecule has 0 aromatic heterocycles. The zero-order valence-electron chi connectivity index (χ0n) is 18.4. The molecule has 0 fully saturated rings. The van der Waals surface area contributed by atoms with Crippen LogP contribution in [0.5, 0.6) is 0 Å². The van der Waals surface area contributed by atoms with Crippen molar-refractivity contribution in [1.29, 1.82) is 0 Å². The van der Waals surface area contributed by atoms with Crippen molar-refractivity contribution in [3.05, 3.63) is 0 Å². The highest BCUT2D eigenvalue weighted by molar-refractivity contribution is 5.80. The molecule has 2 N–H and O–H groups in total. The van der Waals surface area contributed by atoms with E-state index in [2.05, 4.69) is 5.32 Å². The molecule has 0 saturated carbocycles. The molecule has 0 saturated heterocycles. The number of ether oxygens (including phenoxy) is 6. The number of carbonyl (C=O) groups excluding carboxylic acids is 2. The Kier molecular flexibility index (Phi) is 21.6. The van der Waals surface area contributed by atoms with Gasteiger partial charge in [-0.25, -0.2) is 0 Å². The van der Waals surface area contributed by atoms with Gasteiger partial charge in [-0.3, -0.25) is 14.4 Å². The second kappa shape index (κ2) is 22.9. The van der Waals surface area contributed by atoms with Crippen molar-refractivity contribution in [3.8, 4) is 0 Å². The first kappa shape index (κ1) is 29.2. The zero-order chi connectivity index (χ0) is 23.0. The Hall–Kier alpha value is -1.79. The summed E-state index contributed by atoms with van der Waals surface area (Å²) in [6.07, 6.45) is 0.727. The Bertz CT molecular complexity index is 461. The molecule has 0 radical (unpaired) electrons. The van der Waals surface area contributed by atoms with E-state index in [0.29, 0.717) is 85.6 Å². The monoisotopic (exact) mass is 451 g/mol. The summed E-state index contributed by atoms with van der Waals surface area (Å²) >= 11 is 0. The van der Waals surface area contributed by atoms with E-state index in [1.54, 1.807) is 6.92 Å². The van der Waals surface area contributed by atoms with E-state index in [-0.39, 0.29) is 31.1 Å². The number of amides is 1.